The lowest BCUT2D eigenvalue weighted by Crippen LogP contribution is -2.40. The van der Waals surface area contributed by atoms with E-state index >= 15 is 0 Å². The summed E-state index contributed by atoms with van der Waals surface area (Å²) in [7, 11) is 0. The van der Waals surface area contributed by atoms with Gasteiger partial charge in [-0.15, -0.1) is 5.11 Å². The molecule has 0 atom stereocenters. The third kappa shape index (κ3) is 3.15. The van der Waals surface area contributed by atoms with Gasteiger partial charge in [0.25, 0.3) is 5.69 Å². The largest absolute Gasteiger partial charge is 0.775 e. The molecule has 0 aliphatic rings. The minimum absolute atomic E-state index is 0.155. The molecule has 2 aromatic rings. The second-order valence-corrected chi connectivity index (χ2v) is 4.56. The van der Waals surface area contributed by atoms with Crippen LogP contribution in [-0.2, 0) is 13.0 Å². The molecule has 0 N–H and O–H groups in total. The maximum atomic E-state index is 10.2. The first-order valence-electron chi connectivity index (χ1n) is 6.19. The highest BCUT2D eigenvalue weighted by Crippen LogP contribution is 2.22. The van der Waals surface area contributed by atoms with E-state index in [1.807, 2.05) is 32.0 Å². The van der Waals surface area contributed by atoms with Crippen LogP contribution in [0.5, 0.6) is 0 Å². The zero-order chi connectivity index (χ0) is 13.7. The molecule has 0 radical (unpaired) electrons. The number of rotatable bonds is 5. The van der Waals surface area contributed by atoms with Crippen molar-refractivity contribution in [1.82, 2.24) is 5.27 Å². The van der Waals surface area contributed by atoms with E-state index in [0.29, 0.717) is 6.54 Å². The molecule has 0 saturated heterocycles. The van der Waals surface area contributed by atoms with Crippen LogP contribution in [0.1, 0.15) is 31.0 Å². The molecule has 0 bridgehead atoms. The fourth-order valence-electron chi connectivity index (χ4n) is 1.98. The number of aryl methyl sites for hydroxylation is 2. The van der Waals surface area contributed by atoms with E-state index < -0.39 is 0 Å². The normalized spacial score (nSPS) is 11.5. The van der Waals surface area contributed by atoms with Crippen molar-refractivity contribution in [2.75, 3.05) is 0 Å². The van der Waals surface area contributed by atoms with E-state index in [4.69, 9.17) is 4.52 Å². The van der Waals surface area contributed by atoms with Gasteiger partial charge in [-0.05, 0) is 10.2 Å². The Kier molecular flexibility index (Phi) is 4.22. The van der Waals surface area contributed by atoms with Gasteiger partial charge in [-0.25, -0.2) is 5.28 Å². The summed E-state index contributed by atoms with van der Waals surface area (Å²) in [5.74, 6) is 0.348. The molecule has 0 aliphatic heterocycles. The fourth-order valence-corrected chi connectivity index (χ4v) is 1.98. The Bertz CT molecular complexity index is 549. The molecule has 0 aliphatic carbocycles. The summed E-state index contributed by atoms with van der Waals surface area (Å²) in [6.45, 7) is 4.67. The van der Waals surface area contributed by atoms with E-state index in [2.05, 4.69) is 27.8 Å². The third-order valence-electron chi connectivity index (χ3n) is 2.86. The van der Waals surface area contributed by atoms with Crippen LogP contribution in [0.25, 0.3) is 0 Å². The van der Waals surface area contributed by atoms with E-state index in [9.17, 15) is 5.21 Å². The van der Waals surface area contributed by atoms with Gasteiger partial charge < -0.3 is 5.21 Å². The molecule has 2 rings (SSSR count). The summed E-state index contributed by atoms with van der Waals surface area (Å²) in [6.07, 6.45) is 0.839. The van der Waals surface area contributed by atoms with Crippen molar-refractivity contribution in [1.29, 1.82) is 0 Å². The van der Waals surface area contributed by atoms with Crippen LogP contribution in [-0.4, -0.2) is 5.27 Å². The highest BCUT2D eigenvalue weighted by atomic mass is 16.5. The topological polar surface area (TPSA) is 77.7 Å². The first kappa shape index (κ1) is 13.2. The standard InChI is InChI=1S/C13H16N4O2/c1-10(2)12-13(14-15-18)19-16-17(12)9-8-11-6-4-3-5-7-11/h3-7,10H,8-9H2,1-2H3. The van der Waals surface area contributed by atoms with Crippen LogP contribution >= 0.6 is 0 Å². The Morgan fingerprint density at radius 3 is 2.68 bits per heavy atom. The highest BCUT2D eigenvalue weighted by Gasteiger charge is 2.27. The fraction of sp³-hybridized carbons (Fsp3) is 0.385. The maximum absolute atomic E-state index is 10.2. The van der Waals surface area contributed by atoms with Gasteiger partial charge >= 0.3 is 5.88 Å². The summed E-state index contributed by atoms with van der Waals surface area (Å²) in [4.78, 5) is 0. The Balaban J connectivity index is 2.16. The van der Waals surface area contributed by atoms with Crippen LogP contribution in [0.2, 0.25) is 0 Å². The minimum atomic E-state index is 0.155. The molecular formula is C13H16N4O2. The molecule has 6 heteroatoms. The SMILES string of the molecule is CC(C)c1c(/N=N/[O-])on[n+]1CCc1ccccc1. The first-order valence-corrected chi connectivity index (χ1v) is 6.19. The Morgan fingerprint density at radius 2 is 2.05 bits per heavy atom. The second kappa shape index (κ2) is 6.08. The molecule has 100 valence electrons. The lowest BCUT2D eigenvalue weighted by molar-refractivity contribution is -0.768. The van der Waals surface area contributed by atoms with Crippen molar-refractivity contribution in [3.63, 3.8) is 0 Å². The molecule has 1 heterocycles. The van der Waals surface area contributed by atoms with Crippen LogP contribution < -0.4 is 4.68 Å². The van der Waals surface area contributed by atoms with Crippen LogP contribution in [0.3, 0.4) is 0 Å². The maximum Gasteiger partial charge on any atom is 0.342 e. The molecule has 0 spiro atoms. The average molecular weight is 260 g/mol. The van der Waals surface area contributed by atoms with Crippen molar-refractivity contribution in [3.8, 4) is 0 Å². The summed E-state index contributed by atoms with van der Waals surface area (Å²) >= 11 is 0. The predicted molar refractivity (Wildman–Crippen MR) is 68.8 cm³/mol. The van der Waals surface area contributed by atoms with E-state index in [-0.39, 0.29) is 11.8 Å². The monoisotopic (exact) mass is 260 g/mol. The molecule has 6 nitrogen and oxygen atoms in total. The van der Waals surface area contributed by atoms with E-state index in [1.54, 1.807) is 4.68 Å². The predicted octanol–water partition coefficient (Wildman–Crippen LogP) is 2.91. The number of hydrogen-bond donors (Lipinski definition) is 0. The van der Waals surface area contributed by atoms with Gasteiger partial charge in [0.2, 0.25) is 5.27 Å². The molecular weight excluding hydrogens is 244 g/mol. The summed E-state index contributed by atoms with van der Waals surface area (Å²) < 4.78 is 6.78. The minimum Gasteiger partial charge on any atom is -0.775 e. The smallest absolute Gasteiger partial charge is 0.342 e. The lowest BCUT2D eigenvalue weighted by atomic mass is 10.1. The molecule has 0 fully saturated rings. The van der Waals surface area contributed by atoms with Gasteiger partial charge in [0, 0.05) is 12.3 Å². The molecule has 0 unspecified atom stereocenters. The van der Waals surface area contributed by atoms with Gasteiger partial charge in [-0.1, -0.05) is 44.2 Å². The highest BCUT2D eigenvalue weighted by molar-refractivity contribution is 5.25. The molecule has 1 aromatic carbocycles. The lowest BCUT2D eigenvalue weighted by Gasteiger charge is -1.99. The van der Waals surface area contributed by atoms with E-state index in [1.165, 1.54) is 5.56 Å². The van der Waals surface area contributed by atoms with Crippen molar-refractivity contribution in [3.05, 3.63) is 46.8 Å². The summed E-state index contributed by atoms with van der Waals surface area (Å²) in [5, 5.41) is 20.1. The zero-order valence-corrected chi connectivity index (χ0v) is 11.0. The Labute approximate surface area is 111 Å². The quantitative estimate of drug-likeness (QED) is 0.471. The molecule has 0 saturated carbocycles. The van der Waals surface area contributed by atoms with Crippen molar-refractivity contribution in [2.45, 2.75) is 32.7 Å². The average Bonchev–Trinajstić information content (AvgIpc) is 2.81. The van der Waals surface area contributed by atoms with Crippen molar-refractivity contribution < 1.29 is 9.20 Å². The second-order valence-electron chi connectivity index (χ2n) is 4.56. The van der Waals surface area contributed by atoms with Gasteiger partial charge in [-0.3, -0.25) is 4.52 Å². The van der Waals surface area contributed by atoms with Crippen LogP contribution in [0.15, 0.2) is 45.2 Å². The van der Waals surface area contributed by atoms with Gasteiger partial charge in [0.05, 0.1) is 0 Å². The summed E-state index contributed by atoms with van der Waals surface area (Å²) in [5.41, 5.74) is 2.01. The van der Waals surface area contributed by atoms with Gasteiger partial charge in [0.1, 0.15) is 0 Å². The van der Waals surface area contributed by atoms with Crippen LogP contribution in [0, 0.1) is 5.21 Å². The number of nitrogens with zero attached hydrogens (tertiary/aromatic N) is 4. The van der Waals surface area contributed by atoms with E-state index in [0.717, 1.165) is 12.1 Å². The molecule has 0 amide bonds. The summed E-state index contributed by atoms with van der Waals surface area (Å²) in [6, 6.07) is 10.1. The van der Waals surface area contributed by atoms with Crippen molar-refractivity contribution in [2.24, 2.45) is 10.4 Å². The Hall–Kier alpha value is -2.24. The van der Waals surface area contributed by atoms with Gasteiger partial charge in [0.15, 0.2) is 6.54 Å². The number of aromatic nitrogens is 2. The first-order chi connectivity index (χ1) is 9.22. The van der Waals surface area contributed by atoms with Gasteiger partial charge in [-0.2, -0.15) is 0 Å². The molecule has 19 heavy (non-hydrogen) atoms. The number of benzene rings is 1. The molecule has 1 aromatic heterocycles. The third-order valence-corrected chi connectivity index (χ3v) is 2.86. The van der Waals surface area contributed by atoms with Crippen LogP contribution in [0.4, 0.5) is 5.88 Å². The zero-order valence-electron chi connectivity index (χ0n) is 11.0. The Morgan fingerprint density at radius 1 is 1.32 bits per heavy atom. The number of hydrogen-bond acceptors (Lipinski definition) is 5. The van der Waals surface area contributed by atoms with Crippen molar-refractivity contribution >= 4 is 5.88 Å².